The summed E-state index contributed by atoms with van der Waals surface area (Å²) < 4.78 is 36.9. The van der Waals surface area contributed by atoms with Crippen LogP contribution in [0.3, 0.4) is 0 Å². The van der Waals surface area contributed by atoms with Crippen LogP contribution in [0.15, 0.2) is 47.5 Å². The number of methoxy groups -OCH3 is 1. The molecule has 0 aliphatic carbocycles. The number of H-pyrrole nitrogens is 1. The van der Waals surface area contributed by atoms with Crippen LogP contribution >= 0.6 is 0 Å². The lowest BCUT2D eigenvalue weighted by Gasteiger charge is -2.25. The highest BCUT2D eigenvalue weighted by atomic mass is 32.2. The first-order chi connectivity index (χ1) is 12.1. The predicted octanol–water partition coefficient (Wildman–Crippen LogP) is 1.14. The minimum Gasteiger partial charge on any atom is -0.497 e. The number of morpholine rings is 1. The monoisotopic (exact) mass is 364 g/mol. The maximum Gasteiger partial charge on any atom is 0.272 e. The van der Waals surface area contributed by atoms with Crippen LogP contribution in [0.25, 0.3) is 0 Å². The van der Waals surface area contributed by atoms with Crippen LogP contribution in [-0.4, -0.2) is 46.1 Å². The molecule has 7 nitrogen and oxygen atoms in total. The molecule has 0 bridgehead atoms. The molecule has 0 unspecified atom stereocenters. The van der Waals surface area contributed by atoms with Crippen molar-refractivity contribution in [3.05, 3.63) is 48.2 Å². The number of benzene rings is 1. The van der Waals surface area contributed by atoms with Crippen LogP contribution in [0.1, 0.15) is 5.56 Å². The molecule has 1 aromatic heterocycles. The van der Waals surface area contributed by atoms with E-state index >= 15 is 0 Å². The Morgan fingerprint density at radius 3 is 2.48 bits per heavy atom. The van der Waals surface area contributed by atoms with E-state index in [0.29, 0.717) is 32.8 Å². The van der Waals surface area contributed by atoms with Gasteiger partial charge in [-0.25, -0.2) is 13.4 Å². The molecule has 1 aliphatic heterocycles. The number of sulfonamides is 1. The Balaban J connectivity index is 1.63. The van der Waals surface area contributed by atoms with Gasteiger partial charge in [0, 0.05) is 19.2 Å². The molecule has 1 fully saturated rings. The number of ether oxygens (including phenoxy) is 2. The van der Waals surface area contributed by atoms with E-state index < -0.39 is 10.0 Å². The van der Waals surface area contributed by atoms with Gasteiger partial charge in [-0.15, -0.1) is 0 Å². The fourth-order valence-electron chi connectivity index (χ4n) is 2.56. The van der Waals surface area contributed by atoms with Gasteiger partial charge < -0.3 is 9.47 Å². The lowest BCUT2D eigenvalue weighted by molar-refractivity contribution is -0.364. The summed E-state index contributed by atoms with van der Waals surface area (Å²) in [7, 11) is -1.84. The van der Waals surface area contributed by atoms with E-state index in [0.717, 1.165) is 17.1 Å². The second kappa shape index (κ2) is 7.81. The van der Waals surface area contributed by atoms with Gasteiger partial charge in [-0.05, 0) is 23.8 Å². The summed E-state index contributed by atoms with van der Waals surface area (Å²) in [5, 5.41) is 3.23. The highest BCUT2D eigenvalue weighted by molar-refractivity contribution is 7.89. The fourth-order valence-corrected chi connectivity index (χ4v) is 3.93. The Morgan fingerprint density at radius 1 is 1.16 bits per heavy atom. The average molecular weight is 364 g/mol. The molecule has 0 amide bonds. The Hall–Kier alpha value is -2.16. The molecule has 0 radical (unpaired) electrons. The van der Waals surface area contributed by atoms with Crippen LogP contribution in [0.4, 0.5) is 5.82 Å². The zero-order chi connectivity index (χ0) is 17.7. The van der Waals surface area contributed by atoms with Gasteiger partial charge in [0.15, 0.2) is 0 Å². The highest BCUT2D eigenvalue weighted by Gasteiger charge is 2.27. The summed E-state index contributed by atoms with van der Waals surface area (Å²) in [5.41, 5.74) is 1.10. The first-order valence-electron chi connectivity index (χ1n) is 8.06. The molecule has 2 heterocycles. The molecular formula is C17H22N3O4S+. The smallest absolute Gasteiger partial charge is 0.272 e. The third-order valence-electron chi connectivity index (χ3n) is 4.03. The minimum absolute atomic E-state index is 0.254. The summed E-state index contributed by atoms with van der Waals surface area (Å²) in [4.78, 5) is 3.26. The van der Waals surface area contributed by atoms with Gasteiger partial charge in [-0.3, -0.25) is 5.32 Å². The van der Waals surface area contributed by atoms with Gasteiger partial charge in [-0.1, -0.05) is 12.1 Å². The third-order valence-corrected chi connectivity index (χ3v) is 5.93. The van der Waals surface area contributed by atoms with Gasteiger partial charge in [0.25, 0.3) is 5.82 Å². The molecule has 0 saturated carbocycles. The van der Waals surface area contributed by atoms with Gasteiger partial charge in [0.2, 0.25) is 10.0 Å². The number of rotatable bonds is 6. The summed E-state index contributed by atoms with van der Waals surface area (Å²) in [6.07, 6.45) is 1.52. The van der Waals surface area contributed by atoms with E-state index in [1.165, 1.54) is 10.5 Å². The van der Waals surface area contributed by atoms with Crippen molar-refractivity contribution in [1.29, 1.82) is 0 Å². The molecule has 3 rings (SSSR count). The highest BCUT2D eigenvalue weighted by Crippen LogP contribution is 2.16. The first kappa shape index (κ1) is 17.7. The summed E-state index contributed by atoms with van der Waals surface area (Å²) in [6.45, 7) is 2.27. The Bertz CT molecular complexity index is 786. The number of hydrogen-bond acceptors (Lipinski definition) is 5. The Labute approximate surface area is 147 Å². The van der Waals surface area contributed by atoms with E-state index in [1.807, 2.05) is 24.3 Å². The van der Waals surface area contributed by atoms with E-state index in [1.54, 1.807) is 19.2 Å². The Kier molecular flexibility index (Phi) is 5.52. The largest absolute Gasteiger partial charge is 0.497 e. The summed E-state index contributed by atoms with van der Waals surface area (Å²) >= 11 is 0. The number of aromatic amines is 1. The van der Waals surface area contributed by atoms with Crippen LogP contribution in [-0.2, 0) is 21.3 Å². The number of nitrogens with zero attached hydrogens (tertiary/aromatic N) is 1. The van der Waals surface area contributed by atoms with E-state index in [2.05, 4.69) is 10.3 Å². The summed E-state index contributed by atoms with van der Waals surface area (Å²) in [6, 6.07) is 11.1. The standard InChI is InChI=1S/C17H21N3O4S/c1-23-15-4-2-14(3-5-15)12-18-17-7-6-16(13-19-17)25(21,22)20-8-10-24-11-9-20/h2-7,13H,8-12H2,1H3,(H,18,19)/p+1. The molecule has 2 N–H and O–H groups in total. The van der Waals surface area contributed by atoms with E-state index in [9.17, 15) is 8.42 Å². The van der Waals surface area contributed by atoms with Gasteiger partial charge in [0.05, 0.1) is 20.3 Å². The second-order valence-electron chi connectivity index (χ2n) is 5.66. The van der Waals surface area contributed by atoms with Crippen molar-refractivity contribution < 1.29 is 22.9 Å². The van der Waals surface area contributed by atoms with Crippen molar-refractivity contribution in [1.82, 2.24) is 4.31 Å². The topological polar surface area (TPSA) is 82.0 Å². The molecular weight excluding hydrogens is 342 g/mol. The van der Waals surface area contributed by atoms with Crippen molar-refractivity contribution in [2.75, 3.05) is 38.7 Å². The number of pyridine rings is 1. The SMILES string of the molecule is COc1ccc(CNc2ccc(S(=O)(=O)N3CCOCC3)c[nH+]2)cc1. The van der Waals surface area contributed by atoms with E-state index in [4.69, 9.17) is 9.47 Å². The van der Waals surface area contributed by atoms with Crippen molar-refractivity contribution in [3.63, 3.8) is 0 Å². The second-order valence-corrected chi connectivity index (χ2v) is 7.59. The molecule has 1 aliphatic rings. The zero-order valence-corrected chi connectivity index (χ0v) is 14.9. The minimum atomic E-state index is -3.47. The summed E-state index contributed by atoms with van der Waals surface area (Å²) in [5.74, 6) is 1.56. The fraction of sp³-hybridized carbons (Fsp3) is 0.353. The zero-order valence-electron chi connectivity index (χ0n) is 14.1. The normalized spacial score (nSPS) is 15.7. The quantitative estimate of drug-likeness (QED) is 0.831. The van der Waals surface area contributed by atoms with Crippen molar-refractivity contribution >= 4 is 15.8 Å². The average Bonchev–Trinajstić information content (AvgIpc) is 2.68. The number of anilines is 1. The molecule has 2 aromatic rings. The molecule has 1 aromatic carbocycles. The van der Waals surface area contributed by atoms with Crippen molar-refractivity contribution in [2.24, 2.45) is 0 Å². The Morgan fingerprint density at radius 2 is 1.88 bits per heavy atom. The lowest BCUT2D eigenvalue weighted by Crippen LogP contribution is -2.40. The van der Waals surface area contributed by atoms with Gasteiger partial charge in [-0.2, -0.15) is 4.31 Å². The van der Waals surface area contributed by atoms with Crippen molar-refractivity contribution in [2.45, 2.75) is 11.4 Å². The predicted molar refractivity (Wildman–Crippen MR) is 92.9 cm³/mol. The third kappa shape index (κ3) is 4.28. The molecule has 1 saturated heterocycles. The van der Waals surface area contributed by atoms with Gasteiger partial charge >= 0.3 is 0 Å². The van der Waals surface area contributed by atoms with Crippen LogP contribution in [0.5, 0.6) is 5.75 Å². The number of nitrogens with one attached hydrogen (secondary N) is 2. The maximum atomic E-state index is 12.6. The molecule has 25 heavy (non-hydrogen) atoms. The van der Waals surface area contributed by atoms with Crippen LogP contribution in [0.2, 0.25) is 0 Å². The number of hydrogen-bond donors (Lipinski definition) is 1. The molecule has 8 heteroatoms. The first-order valence-corrected chi connectivity index (χ1v) is 9.50. The number of aromatic nitrogens is 1. The lowest BCUT2D eigenvalue weighted by atomic mass is 10.2. The molecule has 0 atom stereocenters. The van der Waals surface area contributed by atoms with Crippen LogP contribution in [0, 0.1) is 0 Å². The van der Waals surface area contributed by atoms with Crippen molar-refractivity contribution in [3.8, 4) is 5.75 Å². The van der Waals surface area contributed by atoms with Crippen LogP contribution < -0.4 is 15.0 Å². The van der Waals surface area contributed by atoms with E-state index in [-0.39, 0.29) is 4.90 Å². The molecule has 134 valence electrons. The maximum absolute atomic E-state index is 12.6. The molecule has 0 spiro atoms. The van der Waals surface area contributed by atoms with Gasteiger partial charge in [0.1, 0.15) is 23.4 Å².